The highest BCUT2D eigenvalue weighted by atomic mass is 28.4. The summed E-state index contributed by atoms with van der Waals surface area (Å²) in [6, 6.07) is 0. The van der Waals surface area contributed by atoms with Gasteiger partial charge in [0.05, 0.1) is 0 Å². The van der Waals surface area contributed by atoms with E-state index in [1.165, 1.54) is 0 Å². The van der Waals surface area contributed by atoms with Crippen LogP contribution in [0.5, 0.6) is 0 Å². The monoisotopic (exact) mass is 219 g/mol. The minimum Gasteiger partial charge on any atom is -0.426 e. The quantitative estimate of drug-likeness (QED) is 0.692. The summed E-state index contributed by atoms with van der Waals surface area (Å²) < 4.78 is 2.35. The molecule has 13 heavy (non-hydrogen) atoms. The molecule has 0 fully saturated rings. The highest BCUT2D eigenvalue weighted by molar-refractivity contribution is 6.90. The maximum Gasteiger partial charge on any atom is 0.465 e. The topological polar surface area (TPSA) is 43.7 Å². The molecule has 2 N–H and O–H groups in total. The lowest BCUT2D eigenvalue weighted by Crippen LogP contribution is -2.61. The third-order valence-electron chi connectivity index (χ3n) is 1.97. The van der Waals surface area contributed by atoms with Gasteiger partial charge in [0.2, 0.25) is 0 Å². The predicted molar refractivity (Wildman–Crippen MR) is 63.6 cm³/mol. The van der Waals surface area contributed by atoms with Gasteiger partial charge >= 0.3 is 7.12 Å². The Bertz CT molecular complexity index is 151. The lowest BCUT2D eigenvalue weighted by Gasteiger charge is -2.43. The van der Waals surface area contributed by atoms with E-state index >= 15 is 0 Å². The summed E-state index contributed by atoms with van der Waals surface area (Å²) in [5.74, 6) is 0. The maximum absolute atomic E-state index is 9.01. The number of nitrogens with zero attached hydrogens (tertiary/aromatic N) is 1. The molecule has 0 saturated carbocycles. The van der Waals surface area contributed by atoms with Gasteiger partial charge in [0.1, 0.15) is 16.5 Å². The zero-order valence-electron chi connectivity index (χ0n) is 9.63. The van der Waals surface area contributed by atoms with Crippen molar-refractivity contribution in [3.63, 3.8) is 0 Å². The van der Waals surface area contributed by atoms with Gasteiger partial charge in [-0.05, 0) is 0 Å². The first-order valence-corrected chi connectivity index (χ1v) is 11.6. The second-order valence-corrected chi connectivity index (χ2v) is 15.6. The van der Waals surface area contributed by atoms with Gasteiger partial charge in [-0.2, -0.15) is 0 Å². The van der Waals surface area contributed by atoms with Crippen molar-refractivity contribution in [3.8, 4) is 0 Å². The molecule has 0 aromatic heterocycles. The van der Waals surface area contributed by atoms with E-state index in [2.05, 4.69) is 43.5 Å². The molecule has 0 bridgehead atoms. The molecule has 6 heteroatoms. The van der Waals surface area contributed by atoms with Gasteiger partial charge in [-0.1, -0.05) is 39.3 Å². The molecule has 0 aliphatic rings. The van der Waals surface area contributed by atoms with Crippen LogP contribution in [0.2, 0.25) is 39.3 Å². The first-order chi connectivity index (χ1) is 5.55. The van der Waals surface area contributed by atoms with Crippen molar-refractivity contribution in [1.82, 2.24) is 4.23 Å². The molecule has 0 aliphatic heterocycles. The third-order valence-corrected chi connectivity index (χ3v) is 9.59. The zero-order valence-corrected chi connectivity index (χ0v) is 11.6. The lowest BCUT2D eigenvalue weighted by molar-refractivity contribution is 0.390. The van der Waals surface area contributed by atoms with Crippen molar-refractivity contribution in [2.45, 2.75) is 39.3 Å². The van der Waals surface area contributed by atoms with Gasteiger partial charge in [0.25, 0.3) is 0 Å². The third kappa shape index (κ3) is 4.97. The van der Waals surface area contributed by atoms with Crippen LogP contribution in [0.1, 0.15) is 0 Å². The van der Waals surface area contributed by atoms with Crippen LogP contribution in [0, 0.1) is 0 Å². The average Bonchev–Trinajstić information content (AvgIpc) is 1.77. The minimum atomic E-state index is -1.41. The van der Waals surface area contributed by atoms with Crippen molar-refractivity contribution >= 4 is 23.6 Å². The molecule has 0 aliphatic carbocycles. The molecule has 0 spiro atoms. The van der Waals surface area contributed by atoms with Gasteiger partial charge < -0.3 is 14.3 Å². The molecule has 0 radical (unpaired) electrons. The van der Waals surface area contributed by atoms with Crippen molar-refractivity contribution in [2.75, 3.05) is 6.44 Å². The largest absolute Gasteiger partial charge is 0.465 e. The van der Waals surface area contributed by atoms with Crippen LogP contribution in [0.3, 0.4) is 0 Å². The molecule has 0 unspecified atom stereocenters. The lowest BCUT2D eigenvalue weighted by atomic mass is 9.93. The molecule has 0 rings (SSSR count). The normalized spacial score (nSPS) is 13.6. The van der Waals surface area contributed by atoms with E-state index in [-0.39, 0.29) is 0 Å². The second kappa shape index (κ2) is 4.27. The second-order valence-electron chi connectivity index (χ2n) is 5.43. The number of hydrogen-bond acceptors (Lipinski definition) is 3. The van der Waals surface area contributed by atoms with Gasteiger partial charge in [-0.15, -0.1) is 0 Å². The van der Waals surface area contributed by atoms with Crippen LogP contribution >= 0.6 is 0 Å². The summed E-state index contributed by atoms with van der Waals surface area (Å²) >= 11 is 0. The van der Waals surface area contributed by atoms with E-state index in [4.69, 9.17) is 10.0 Å². The van der Waals surface area contributed by atoms with E-state index in [1.54, 1.807) is 0 Å². The Balaban J connectivity index is 4.58. The van der Waals surface area contributed by atoms with Crippen LogP contribution in [-0.2, 0) is 0 Å². The number of rotatable bonds is 4. The summed E-state index contributed by atoms with van der Waals surface area (Å²) in [6.45, 7) is 13.5. The zero-order chi connectivity index (χ0) is 10.9. The SMILES string of the molecule is C[Si](C)(C)N(CB(O)O)[Si](C)(C)C. The van der Waals surface area contributed by atoms with Crippen molar-refractivity contribution in [3.05, 3.63) is 0 Å². The van der Waals surface area contributed by atoms with E-state index < -0.39 is 23.6 Å². The Kier molecular flexibility index (Phi) is 4.39. The van der Waals surface area contributed by atoms with Crippen LogP contribution in [0.25, 0.3) is 0 Å². The van der Waals surface area contributed by atoms with E-state index in [9.17, 15) is 0 Å². The van der Waals surface area contributed by atoms with E-state index in [1.807, 2.05) is 0 Å². The fourth-order valence-electron chi connectivity index (χ4n) is 1.72. The van der Waals surface area contributed by atoms with Gasteiger partial charge in [-0.25, -0.2) is 0 Å². The fourth-order valence-corrected chi connectivity index (χ4v) is 11.2. The Morgan fingerprint density at radius 3 is 1.31 bits per heavy atom. The minimum absolute atomic E-state index is 0.408. The molecule has 0 heterocycles. The maximum atomic E-state index is 9.01. The van der Waals surface area contributed by atoms with Gasteiger partial charge in [0, 0.05) is 6.44 Å². The van der Waals surface area contributed by atoms with Crippen molar-refractivity contribution < 1.29 is 10.0 Å². The van der Waals surface area contributed by atoms with Crippen LogP contribution in [-0.4, -0.2) is 44.3 Å². The first-order valence-electron chi connectivity index (χ1n) is 4.69. The molecule has 0 aromatic carbocycles. The Hall–Kier alpha value is 0.379. The summed E-state index contributed by atoms with van der Waals surface area (Å²) in [5.41, 5.74) is 0. The van der Waals surface area contributed by atoms with Gasteiger partial charge in [0.15, 0.2) is 0 Å². The summed E-state index contributed by atoms with van der Waals surface area (Å²) in [7, 11) is -4.02. The Morgan fingerprint density at radius 2 is 1.23 bits per heavy atom. The molecule has 78 valence electrons. The highest BCUT2D eigenvalue weighted by Gasteiger charge is 2.36. The molecule has 0 atom stereocenters. The summed E-state index contributed by atoms with van der Waals surface area (Å²) in [5, 5.41) is 18.0. The predicted octanol–water partition coefficient (Wildman–Crippen LogP) is 0.970. The summed E-state index contributed by atoms with van der Waals surface area (Å²) in [6.07, 6.45) is 0.408. The van der Waals surface area contributed by atoms with Crippen LogP contribution in [0.4, 0.5) is 0 Å². The van der Waals surface area contributed by atoms with Crippen molar-refractivity contribution in [1.29, 1.82) is 0 Å². The molecule has 3 nitrogen and oxygen atoms in total. The van der Waals surface area contributed by atoms with Crippen molar-refractivity contribution in [2.24, 2.45) is 0 Å². The molecule has 0 amide bonds. The highest BCUT2D eigenvalue weighted by Crippen LogP contribution is 2.18. The molecular formula is C7H22BNO2Si2. The molecule has 0 saturated heterocycles. The Morgan fingerprint density at radius 1 is 0.923 bits per heavy atom. The number of hydrogen-bond donors (Lipinski definition) is 2. The fraction of sp³-hybridized carbons (Fsp3) is 1.00. The molecule has 0 aromatic rings. The molecular weight excluding hydrogens is 197 g/mol. The van der Waals surface area contributed by atoms with E-state index in [0.29, 0.717) is 6.44 Å². The van der Waals surface area contributed by atoms with Gasteiger partial charge in [-0.3, -0.25) is 0 Å². The smallest absolute Gasteiger partial charge is 0.426 e. The Labute approximate surface area is 84.1 Å². The van der Waals surface area contributed by atoms with Crippen LogP contribution in [0.15, 0.2) is 0 Å². The summed E-state index contributed by atoms with van der Waals surface area (Å²) in [4.78, 5) is 0. The first kappa shape index (κ1) is 13.4. The average molecular weight is 219 g/mol. The van der Waals surface area contributed by atoms with Crippen LogP contribution < -0.4 is 0 Å². The van der Waals surface area contributed by atoms with E-state index in [0.717, 1.165) is 0 Å². The standard InChI is InChI=1S/C7H22BNO2Si2/c1-12(2,3)9(7-8(10)11)13(4,5)6/h10-11H,7H2,1-6H3.